The van der Waals surface area contributed by atoms with E-state index in [2.05, 4.69) is 32.8 Å². The van der Waals surface area contributed by atoms with Crippen molar-refractivity contribution >= 4 is 27.3 Å². The number of aromatic nitrogens is 1. The maximum absolute atomic E-state index is 4.60. The number of hydrogen-bond acceptors (Lipinski definition) is 3. The molecule has 76 valence electrons. The van der Waals surface area contributed by atoms with E-state index in [1.165, 1.54) is 34.8 Å². The summed E-state index contributed by atoms with van der Waals surface area (Å²) in [6, 6.07) is 0. The number of aryl methyl sites for hydroxylation is 2. The minimum Gasteiger partial charge on any atom is -0.306 e. The third kappa shape index (κ3) is 2.43. The lowest BCUT2D eigenvalue weighted by molar-refractivity contribution is 0.747. The van der Waals surface area contributed by atoms with Gasteiger partial charge in [-0.3, -0.25) is 0 Å². The Morgan fingerprint density at radius 3 is 3.14 bits per heavy atom. The molecular weight excluding hydrogens is 260 g/mol. The second-order valence-electron chi connectivity index (χ2n) is 3.45. The Morgan fingerprint density at radius 1 is 1.57 bits per heavy atom. The molecule has 0 aromatic carbocycles. The van der Waals surface area contributed by atoms with Crippen LogP contribution in [-0.4, -0.2) is 11.5 Å². The minimum absolute atomic E-state index is 0.810. The summed E-state index contributed by atoms with van der Waals surface area (Å²) < 4.78 is 0.988. The monoisotopic (exact) mass is 272 g/mol. The fourth-order valence-electron chi connectivity index (χ4n) is 1.62. The van der Waals surface area contributed by atoms with Gasteiger partial charge >= 0.3 is 0 Å². The zero-order valence-electron chi connectivity index (χ0n) is 7.98. The smallest absolute Gasteiger partial charge is 0.107 e. The SMILES string of the molecule is C=C(Br)CNCc1nc2c(s1)CCC2. The zero-order chi connectivity index (χ0) is 9.97. The number of hydrogen-bond donors (Lipinski definition) is 1. The molecule has 4 heteroatoms. The lowest BCUT2D eigenvalue weighted by Gasteiger charge is -1.99. The molecule has 0 fully saturated rings. The summed E-state index contributed by atoms with van der Waals surface area (Å²) in [6.07, 6.45) is 3.70. The van der Waals surface area contributed by atoms with Crippen LogP contribution in [0.1, 0.15) is 22.0 Å². The Morgan fingerprint density at radius 2 is 2.43 bits per heavy atom. The molecule has 1 N–H and O–H groups in total. The maximum Gasteiger partial charge on any atom is 0.107 e. The zero-order valence-corrected chi connectivity index (χ0v) is 10.4. The standard InChI is InChI=1S/C10H13BrN2S/c1-7(11)5-12-6-10-13-8-3-2-4-9(8)14-10/h12H,1-6H2. The molecule has 0 unspecified atom stereocenters. The van der Waals surface area contributed by atoms with Gasteiger partial charge in [0, 0.05) is 22.4 Å². The lowest BCUT2D eigenvalue weighted by atomic mass is 10.4. The van der Waals surface area contributed by atoms with Gasteiger partial charge in [-0.25, -0.2) is 4.98 Å². The molecular formula is C10H13BrN2S. The van der Waals surface area contributed by atoms with Gasteiger partial charge < -0.3 is 5.32 Å². The second kappa shape index (κ2) is 4.55. The highest BCUT2D eigenvalue weighted by Crippen LogP contribution is 2.27. The lowest BCUT2D eigenvalue weighted by Crippen LogP contribution is -2.14. The van der Waals surface area contributed by atoms with Gasteiger partial charge in [-0.15, -0.1) is 11.3 Å². The number of rotatable bonds is 4. The fourth-order valence-corrected chi connectivity index (χ4v) is 2.95. The van der Waals surface area contributed by atoms with Crippen LogP contribution in [0.15, 0.2) is 11.1 Å². The molecule has 0 aliphatic heterocycles. The van der Waals surface area contributed by atoms with Crippen molar-refractivity contribution in [1.29, 1.82) is 0 Å². The van der Waals surface area contributed by atoms with Gasteiger partial charge in [0.25, 0.3) is 0 Å². The van der Waals surface area contributed by atoms with Crippen molar-refractivity contribution in [2.75, 3.05) is 6.54 Å². The van der Waals surface area contributed by atoms with Crippen LogP contribution in [0.4, 0.5) is 0 Å². The Kier molecular flexibility index (Phi) is 3.36. The van der Waals surface area contributed by atoms with Crippen molar-refractivity contribution in [3.05, 3.63) is 26.6 Å². The van der Waals surface area contributed by atoms with Crippen LogP contribution in [-0.2, 0) is 19.4 Å². The third-order valence-electron chi connectivity index (χ3n) is 2.23. The molecule has 1 heterocycles. The van der Waals surface area contributed by atoms with Crippen molar-refractivity contribution in [2.24, 2.45) is 0 Å². The van der Waals surface area contributed by atoms with E-state index in [-0.39, 0.29) is 0 Å². The number of nitrogens with zero attached hydrogens (tertiary/aromatic N) is 1. The van der Waals surface area contributed by atoms with E-state index in [0.29, 0.717) is 0 Å². The van der Waals surface area contributed by atoms with Gasteiger partial charge in [-0.05, 0) is 19.3 Å². The van der Waals surface area contributed by atoms with Crippen molar-refractivity contribution in [3.8, 4) is 0 Å². The first kappa shape index (κ1) is 10.3. The van der Waals surface area contributed by atoms with Crippen LogP contribution in [0, 0.1) is 0 Å². The number of fused-ring (bicyclic) bond motifs is 1. The largest absolute Gasteiger partial charge is 0.306 e. The topological polar surface area (TPSA) is 24.9 Å². The molecule has 1 aliphatic rings. The van der Waals surface area contributed by atoms with Gasteiger partial charge in [0.05, 0.1) is 5.69 Å². The van der Waals surface area contributed by atoms with Crippen molar-refractivity contribution in [2.45, 2.75) is 25.8 Å². The number of halogens is 1. The second-order valence-corrected chi connectivity index (χ2v) is 5.74. The average molecular weight is 273 g/mol. The summed E-state index contributed by atoms with van der Waals surface area (Å²) in [5.74, 6) is 0. The summed E-state index contributed by atoms with van der Waals surface area (Å²) in [6.45, 7) is 5.45. The first-order chi connectivity index (χ1) is 6.75. The molecule has 1 aromatic rings. The van der Waals surface area contributed by atoms with Crippen LogP contribution >= 0.6 is 27.3 Å². The minimum atomic E-state index is 0.810. The van der Waals surface area contributed by atoms with Gasteiger partial charge in [-0.1, -0.05) is 22.5 Å². The van der Waals surface area contributed by atoms with Crippen molar-refractivity contribution in [3.63, 3.8) is 0 Å². The highest BCUT2D eigenvalue weighted by Gasteiger charge is 2.15. The van der Waals surface area contributed by atoms with Gasteiger partial charge in [-0.2, -0.15) is 0 Å². The van der Waals surface area contributed by atoms with E-state index in [1.54, 1.807) is 0 Å². The van der Waals surface area contributed by atoms with Crippen molar-refractivity contribution < 1.29 is 0 Å². The molecule has 0 saturated heterocycles. The van der Waals surface area contributed by atoms with E-state index >= 15 is 0 Å². The Bertz CT molecular complexity index is 324. The van der Waals surface area contributed by atoms with E-state index in [1.807, 2.05) is 11.3 Å². The molecule has 0 radical (unpaired) electrons. The fraction of sp³-hybridized carbons (Fsp3) is 0.500. The maximum atomic E-state index is 4.60. The van der Waals surface area contributed by atoms with E-state index in [4.69, 9.17) is 0 Å². The third-order valence-corrected chi connectivity index (χ3v) is 3.67. The van der Waals surface area contributed by atoms with Gasteiger partial charge in [0.15, 0.2) is 0 Å². The molecule has 0 amide bonds. The van der Waals surface area contributed by atoms with Crippen LogP contribution in [0.3, 0.4) is 0 Å². The van der Waals surface area contributed by atoms with Crippen LogP contribution in [0.25, 0.3) is 0 Å². The highest BCUT2D eigenvalue weighted by atomic mass is 79.9. The molecule has 2 rings (SSSR count). The summed E-state index contributed by atoms with van der Waals surface area (Å²) in [7, 11) is 0. The predicted octanol–water partition coefficient (Wildman–Crippen LogP) is 2.63. The summed E-state index contributed by atoms with van der Waals surface area (Å²) >= 11 is 5.17. The molecule has 1 aliphatic carbocycles. The van der Waals surface area contributed by atoms with E-state index in [9.17, 15) is 0 Å². The van der Waals surface area contributed by atoms with Crippen molar-refractivity contribution in [1.82, 2.24) is 10.3 Å². The highest BCUT2D eigenvalue weighted by molar-refractivity contribution is 9.11. The van der Waals surface area contributed by atoms with E-state index in [0.717, 1.165) is 17.6 Å². The Labute approximate surface area is 96.6 Å². The Balaban J connectivity index is 1.88. The molecule has 14 heavy (non-hydrogen) atoms. The van der Waals surface area contributed by atoms with Gasteiger partial charge in [0.1, 0.15) is 5.01 Å². The first-order valence-electron chi connectivity index (χ1n) is 4.77. The summed E-state index contributed by atoms with van der Waals surface area (Å²) in [5.41, 5.74) is 1.34. The normalized spacial score (nSPS) is 14.4. The molecule has 1 aromatic heterocycles. The van der Waals surface area contributed by atoms with Crippen LogP contribution in [0.2, 0.25) is 0 Å². The summed E-state index contributed by atoms with van der Waals surface area (Å²) in [5, 5.41) is 4.50. The molecule has 0 saturated carbocycles. The van der Waals surface area contributed by atoms with Crippen LogP contribution < -0.4 is 5.32 Å². The molecule has 0 spiro atoms. The molecule has 0 atom stereocenters. The average Bonchev–Trinajstić information content (AvgIpc) is 2.62. The van der Waals surface area contributed by atoms with E-state index < -0.39 is 0 Å². The first-order valence-corrected chi connectivity index (χ1v) is 6.38. The van der Waals surface area contributed by atoms with Crippen LogP contribution in [0.5, 0.6) is 0 Å². The Hall–Kier alpha value is -0.190. The number of nitrogens with one attached hydrogen (secondary N) is 1. The quantitative estimate of drug-likeness (QED) is 0.912. The number of thiazole rings is 1. The molecule has 2 nitrogen and oxygen atoms in total. The van der Waals surface area contributed by atoms with Gasteiger partial charge in [0.2, 0.25) is 0 Å². The summed E-state index contributed by atoms with van der Waals surface area (Å²) in [4.78, 5) is 6.10. The predicted molar refractivity (Wildman–Crippen MR) is 63.9 cm³/mol. The molecule has 0 bridgehead atoms.